The number of nitrogens with one attached hydrogen (secondary N) is 1. The van der Waals surface area contributed by atoms with Crippen LogP contribution < -0.4 is 5.32 Å². The molecule has 0 bridgehead atoms. The number of hydrogen-bond acceptors (Lipinski definition) is 2. The van der Waals surface area contributed by atoms with Crippen molar-refractivity contribution in [2.45, 2.75) is 96.2 Å². The van der Waals surface area contributed by atoms with Crippen LogP contribution in [0.3, 0.4) is 0 Å². The lowest BCUT2D eigenvalue weighted by molar-refractivity contribution is -0.0393. The molecule has 1 aliphatic heterocycles. The van der Waals surface area contributed by atoms with Crippen LogP contribution in [0.15, 0.2) is 0 Å². The molecule has 0 spiro atoms. The van der Waals surface area contributed by atoms with Crippen LogP contribution in [0.1, 0.15) is 79.1 Å². The van der Waals surface area contributed by atoms with Crippen molar-refractivity contribution in [2.24, 2.45) is 0 Å². The Morgan fingerprint density at radius 3 is 2.16 bits per heavy atom. The molecule has 0 aromatic rings. The molecule has 2 aliphatic rings. The fourth-order valence-electron chi connectivity index (χ4n) is 4.13. The number of piperazine rings is 1. The predicted molar refractivity (Wildman–Crippen MR) is 83.6 cm³/mol. The number of nitrogens with zero attached hydrogens (tertiary/aromatic N) is 1. The molecule has 1 atom stereocenters. The van der Waals surface area contributed by atoms with Gasteiger partial charge in [0.05, 0.1) is 0 Å². The van der Waals surface area contributed by atoms with Gasteiger partial charge in [0, 0.05) is 30.2 Å². The minimum Gasteiger partial charge on any atom is -0.308 e. The first-order valence-electron chi connectivity index (χ1n) is 8.61. The van der Waals surface area contributed by atoms with Crippen LogP contribution in [0, 0.1) is 0 Å². The summed E-state index contributed by atoms with van der Waals surface area (Å²) in [6, 6.07) is 0.849. The van der Waals surface area contributed by atoms with E-state index in [9.17, 15) is 0 Å². The summed E-state index contributed by atoms with van der Waals surface area (Å²) in [5.41, 5.74) is 0.738. The third kappa shape index (κ3) is 3.00. The van der Waals surface area contributed by atoms with Crippen molar-refractivity contribution in [3.63, 3.8) is 0 Å². The van der Waals surface area contributed by atoms with E-state index >= 15 is 0 Å². The molecule has 19 heavy (non-hydrogen) atoms. The van der Waals surface area contributed by atoms with Gasteiger partial charge in [0.1, 0.15) is 0 Å². The third-order valence-corrected chi connectivity index (χ3v) is 6.08. The first-order chi connectivity index (χ1) is 9.09. The van der Waals surface area contributed by atoms with Crippen LogP contribution in [-0.4, -0.2) is 35.1 Å². The molecule has 2 heteroatoms. The molecule has 1 unspecified atom stereocenters. The summed E-state index contributed by atoms with van der Waals surface area (Å²) in [6.07, 6.45) is 11.0. The lowest BCUT2D eigenvalue weighted by Crippen LogP contribution is -2.70. The van der Waals surface area contributed by atoms with Crippen LogP contribution >= 0.6 is 0 Å². The van der Waals surface area contributed by atoms with Gasteiger partial charge in [-0.15, -0.1) is 0 Å². The molecule has 0 amide bonds. The van der Waals surface area contributed by atoms with E-state index in [2.05, 4.69) is 37.9 Å². The van der Waals surface area contributed by atoms with E-state index in [0.717, 1.165) is 6.04 Å². The molecule has 1 heterocycles. The fourth-order valence-corrected chi connectivity index (χ4v) is 4.13. The van der Waals surface area contributed by atoms with E-state index in [1.54, 1.807) is 0 Å². The summed E-state index contributed by atoms with van der Waals surface area (Å²) in [5.74, 6) is 0. The van der Waals surface area contributed by atoms with Gasteiger partial charge < -0.3 is 5.32 Å². The molecule has 0 aromatic carbocycles. The van der Waals surface area contributed by atoms with Crippen LogP contribution in [0.2, 0.25) is 0 Å². The minimum atomic E-state index is 0.325. The van der Waals surface area contributed by atoms with Crippen LogP contribution in [-0.2, 0) is 0 Å². The van der Waals surface area contributed by atoms with Crippen molar-refractivity contribution in [1.82, 2.24) is 10.2 Å². The average Bonchev–Trinajstić information content (AvgIpc) is 2.48. The zero-order valence-corrected chi connectivity index (χ0v) is 13.6. The zero-order valence-electron chi connectivity index (χ0n) is 13.6. The van der Waals surface area contributed by atoms with E-state index in [0.29, 0.717) is 11.1 Å². The van der Waals surface area contributed by atoms with Crippen LogP contribution in [0.4, 0.5) is 0 Å². The SMILES string of the molecule is CCC1(C)CN(C2CCCCC2)C(CC)(CC)CN1. The smallest absolute Gasteiger partial charge is 0.0332 e. The molecular weight excluding hydrogens is 232 g/mol. The largest absolute Gasteiger partial charge is 0.308 e. The monoisotopic (exact) mass is 266 g/mol. The number of hydrogen-bond donors (Lipinski definition) is 1. The number of rotatable bonds is 4. The summed E-state index contributed by atoms with van der Waals surface area (Å²) >= 11 is 0. The Bertz CT molecular complexity index is 279. The molecule has 1 saturated carbocycles. The van der Waals surface area contributed by atoms with Crippen molar-refractivity contribution in [1.29, 1.82) is 0 Å². The summed E-state index contributed by atoms with van der Waals surface area (Å²) in [7, 11) is 0. The molecule has 2 rings (SSSR count). The lowest BCUT2D eigenvalue weighted by Gasteiger charge is -2.57. The van der Waals surface area contributed by atoms with Gasteiger partial charge in [0.25, 0.3) is 0 Å². The summed E-state index contributed by atoms with van der Waals surface area (Å²) in [4.78, 5) is 2.92. The van der Waals surface area contributed by atoms with Crippen molar-refractivity contribution in [2.75, 3.05) is 13.1 Å². The van der Waals surface area contributed by atoms with E-state index in [1.807, 2.05) is 0 Å². The third-order valence-electron chi connectivity index (χ3n) is 6.08. The molecular formula is C17H34N2. The zero-order chi connectivity index (χ0) is 13.9. The molecule has 112 valence electrons. The van der Waals surface area contributed by atoms with Gasteiger partial charge in [-0.25, -0.2) is 0 Å². The van der Waals surface area contributed by atoms with Gasteiger partial charge >= 0.3 is 0 Å². The van der Waals surface area contributed by atoms with Gasteiger partial charge in [-0.05, 0) is 39.0 Å². The second-order valence-electron chi connectivity index (χ2n) is 7.12. The van der Waals surface area contributed by atoms with Crippen molar-refractivity contribution < 1.29 is 0 Å². The summed E-state index contributed by atoms with van der Waals surface area (Å²) < 4.78 is 0. The molecule has 1 N–H and O–H groups in total. The van der Waals surface area contributed by atoms with Gasteiger partial charge in [-0.2, -0.15) is 0 Å². The van der Waals surface area contributed by atoms with Crippen LogP contribution in [0.5, 0.6) is 0 Å². The molecule has 2 fully saturated rings. The van der Waals surface area contributed by atoms with Crippen molar-refractivity contribution in [3.8, 4) is 0 Å². The molecule has 0 radical (unpaired) electrons. The van der Waals surface area contributed by atoms with Gasteiger partial charge in [-0.3, -0.25) is 4.90 Å². The average molecular weight is 266 g/mol. The quantitative estimate of drug-likeness (QED) is 0.829. The Morgan fingerprint density at radius 1 is 1.00 bits per heavy atom. The summed E-state index contributed by atoms with van der Waals surface area (Å²) in [5, 5.41) is 3.87. The van der Waals surface area contributed by atoms with E-state index in [-0.39, 0.29) is 0 Å². The maximum absolute atomic E-state index is 3.87. The highest BCUT2D eigenvalue weighted by atomic mass is 15.3. The highest BCUT2D eigenvalue weighted by Gasteiger charge is 2.45. The minimum absolute atomic E-state index is 0.325. The Kier molecular flexibility index (Phi) is 4.94. The maximum atomic E-state index is 3.87. The Morgan fingerprint density at radius 2 is 1.63 bits per heavy atom. The van der Waals surface area contributed by atoms with E-state index in [4.69, 9.17) is 0 Å². The fraction of sp³-hybridized carbons (Fsp3) is 1.00. The normalized spacial score (nSPS) is 33.5. The predicted octanol–water partition coefficient (Wildman–Crippen LogP) is 3.95. The molecule has 1 saturated heterocycles. The second kappa shape index (κ2) is 6.13. The molecule has 0 aromatic heterocycles. The van der Waals surface area contributed by atoms with Crippen LogP contribution in [0.25, 0.3) is 0 Å². The highest BCUT2D eigenvalue weighted by Crippen LogP contribution is 2.37. The lowest BCUT2D eigenvalue weighted by atomic mass is 9.79. The Hall–Kier alpha value is -0.0800. The van der Waals surface area contributed by atoms with Gasteiger partial charge in [0.2, 0.25) is 0 Å². The second-order valence-corrected chi connectivity index (χ2v) is 7.12. The molecule has 2 nitrogen and oxygen atoms in total. The Balaban J connectivity index is 2.19. The highest BCUT2D eigenvalue weighted by molar-refractivity contribution is 5.04. The van der Waals surface area contributed by atoms with E-state index < -0.39 is 0 Å². The first-order valence-corrected chi connectivity index (χ1v) is 8.61. The Labute approximate surface area is 120 Å². The molecule has 1 aliphatic carbocycles. The maximum Gasteiger partial charge on any atom is 0.0332 e. The van der Waals surface area contributed by atoms with Crippen molar-refractivity contribution >= 4 is 0 Å². The van der Waals surface area contributed by atoms with E-state index in [1.165, 1.54) is 64.5 Å². The topological polar surface area (TPSA) is 15.3 Å². The standard InChI is InChI=1S/C17H34N2/c1-5-16(4)14-19(15-11-9-8-10-12-15)17(6-2,7-3)13-18-16/h15,18H,5-14H2,1-4H3. The van der Waals surface area contributed by atoms with Gasteiger partial charge in [-0.1, -0.05) is 40.0 Å². The first kappa shape index (κ1) is 15.3. The van der Waals surface area contributed by atoms with Gasteiger partial charge in [0.15, 0.2) is 0 Å². The summed E-state index contributed by atoms with van der Waals surface area (Å²) in [6.45, 7) is 11.9. The van der Waals surface area contributed by atoms with Crippen molar-refractivity contribution in [3.05, 3.63) is 0 Å².